The van der Waals surface area contributed by atoms with E-state index >= 15 is 0 Å². The van der Waals surface area contributed by atoms with Gasteiger partial charge in [-0.05, 0) is 13.8 Å². The zero-order chi connectivity index (χ0) is 12.0. The molecule has 0 saturated carbocycles. The average molecular weight is 238 g/mol. The summed E-state index contributed by atoms with van der Waals surface area (Å²) in [4.78, 5) is 22.8. The molecule has 1 aromatic rings. The molecule has 0 aliphatic heterocycles. The minimum Gasteiger partial charge on any atom is -0.462 e. The molecule has 0 amide bonds. The summed E-state index contributed by atoms with van der Waals surface area (Å²) in [6.45, 7) is 3.56. The molecule has 4 heteroatoms. The van der Waals surface area contributed by atoms with Crippen LogP contribution in [0.3, 0.4) is 0 Å². The van der Waals surface area contributed by atoms with Gasteiger partial charge in [0, 0.05) is 5.56 Å². The first-order chi connectivity index (χ1) is 7.59. The van der Waals surface area contributed by atoms with Crippen molar-refractivity contribution in [2.75, 3.05) is 5.75 Å². The highest BCUT2D eigenvalue weighted by atomic mass is 32.2. The van der Waals surface area contributed by atoms with E-state index in [4.69, 9.17) is 4.74 Å². The Morgan fingerprint density at radius 2 is 1.88 bits per heavy atom. The summed E-state index contributed by atoms with van der Waals surface area (Å²) >= 11 is 0.966. The molecule has 0 aliphatic rings. The number of esters is 1. The number of benzene rings is 1. The minimum atomic E-state index is -0.357. The van der Waals surface area contributed by atoms with Crippen LogP contribution in [0.5, 0.6) is 0 Å². The fourth-order valence-corrected chi connectivity index (χ4v) is 1.70. The second-order valence-corrected chi connectivity index (χ2v) is 4.43. The molecule has 86 valence electrons. The van der Waals surface area contributed by atoms with Crippen LogP contribution in [-0.2, 0) is 9.53 Å². The van der Waals surface area contributed by atoms with Crippen molar-refractivity contribution in [1.82, 2.24) is 0 Å². The first-order valence-electron chi connectivity index (χ1n) is 5.01. The summed E-state index contributed by atoms with van der Waals surface area (Å²) in [6, 6.07) is 8.88. The molecule has 0 unspecified atom stereocenters. The van der Waals surface area contributed by atoms with Crippen LogP contribution in [0.1, 0.15) is 24.2 Å². The quantitative estimate of drug-likeness (QED) is 0.756. The Morgan fingerprint density at radius 1 is 1.25 bits per heavy atom. The zero-order valence-electron chi connectivity index (χ0n) is 9.30. The molecule has 0 atom stereocenters. The van der Waals surface area contributed by atoms with E-state index in [1.54, 1.807) is 38.1 Å². The molecule has 0 fully saturated rings. The van der Waals surface area contributed by atoms with Crippen molar-refractivity contribution in [3.8, 4) is 0 Å². The Bertz CT molecular complexity index is 360. The van der Waals surface area contributed by atoms with E-state index in [-0.39, 0.29) is 22.9 Å². The van der Waals surface area contributed by atoms with Crippen LogP contribution in [0.25, 0.3) is 0 Å². The Labute approximate surface area is 99.2 Å². The van der Waals surface area contributed by atoms with Gasteiger partial charge in [-0.15, -0.1) is 0 Å². The largest absolute Gasteiger partial charge is 0.462 e. The van der Waals surface area contributed by atoms with E-state index in [1.165, 1.54) is 0 Å². The molecular formula is C12H14O3S. The summed E-state index contributed by atoms with van der Waals surface area (Å²) < 4.78 is 4.92. The Kier molecular flexibility index (Phi) is 5.05. The van der Waals surface area contributed by atoms with Gasteiger partial charge in [-0.2, -0.15) is 0 Å². The number of thioether (sulfide) groups is 1. The predicted molar refractivity (Wildman–Crippen MR) is 64.5 cm³/mol. The molecule has 0 saturated heterocycles. The Balaban J connectivity index is 2.39. The molecular weight excluding hydrogens is 224 g/mol. The SMILES string of the molecule is CC(C)OC(=O)CSC(=O)c1ccccc1. The molecule has 0 radical (unpaired) electrons. The van der Waals surface area contributed by atoms with Crippen LogP contribution in [-0.4, -0.2) is 22.9 Å². The number of hydrogen-bond acceptors (Lipinski definition) is 4. The lowest BCUT2D eigenvalue weighted by atomic mass is 10.2. The zero-order valence-corrected chi connectivity index (χ0v) is 10.1. The minimum absolute atomic E-state index is 0.0614. The van der Waals surface area contributed by atoms with Crippen LogP contribution in [0.2, 0.25) is 0 Å². The third-order valence-electron chi connectivity index (χ3n) is 1.70. The second-order valence-electron chi connectivity index (χ2n) is 3.48. The van der Waals surface area contributed by atoms with Crippen LogP contribution < -0.4 is 0 Å². The van der Waals surface area contributed by atoms with E-state index in [9.17, 15) is 9.59 Å². The molecule has 1 aromatic carbocycles. The highest BCUT2D eigenvalue weighted by molar-refractivity contribution is 8.14. The summed E-state index contributed by atoms with van der Waals surface area (Å²) in [5.74, 6) is -0.296. The number of carbonyl (C=O) groups excluding carboxylic acids is 2. The van der Waals surface area contributed by atoms with Gasteiger partial charge in [0.05, 0.1) is 11.9 Å². The molecule has 16 heavy (non-hydrogen) atoms. The van der Waals surface area contributed by atoms with Crippen molar-refractivity contribution in [3.63, 3.8) is 0 Å². The summed E-state index contributed by atoms with van der Waals surface area (Å²) in [5.41, 5.74) is 0.602. The molecule has 0 aliphatic carbocycles. The number of ether oxygens (including phenoxy) is 1. The first kappa shape index (κ1) is 12.8. The standard InChI is InChI=1S/C12H14O3S/c1-9(2)15-11(13)8-16-12(14)10-6-4-3-5-7-10/h3-7,9H,8H2,1-2H3. The van der Waals surface area contributed by atoms with Gasteiger partial charge in [-0.1, -0.05) is 42.1 Å². The van der Waals surface area contributed by atoms with Crippen LogP contribution in [0, 0.1) is 0 Å². The summed E-state index contributed by atoms with van der Waals surface area (Å²) in [5, 5.41) is -0.110. The van der Waals surface area contributed by atoms with Gasteiger partial charge in [0.15, 0.2) is 0 Å². The monoisotopic (exact) mass is 238 g/mol. The van der Waals surface area contributed by atoms with Crippen LogP contribution >= 0.6 is 11.8 Å². The highest BCUT2D eigenvalue weighted by Gasteiger charge is 2.11. The van der Waals surface area contributed by atoms with Gasteiger partial charge in [0.25, 0.3) is 0 Å². The number of hydrogen-bond donors (Lipinski definition) is 0. The molecule has 0 N–H and O–H groups in total. The van der Waals surface area contributed by atoms with Gasteiger partial charge in [-0.25, -0.2) is 0 Å². The lowest BCUT2D eigenvalue weighted by Crippen LogP contribution is -2.14. The van der Waals surface area contributed by atoms with Crippen LogP contribution in [0.15, 0.2) is 30.3 Å². The molecule has 0 heterocycles. The highest BCUT2D eigenvalue weighted by Crippen LogP contribution is 2.12. The van der Waals surface area contributed by atoms with E-state index in [1.807, 2.05) is 6.07 Å². The van der Waals surface area contributed by atoms with E-state index in [0.717, 1.165) is 11.8 Å². The first-order valence-corrected chi connectivity index (χ1v) is 6.00. The number of carbonyl (C=O) groups is 2. The van der Waals surface area contributed by atoms with E-state index in [0.29, 0.717) is 5.56 Å². The maximum atomic E-state index is 11.6. The molecule has 1 rings (SSSR count). The molecule has 0 aromatic heterocycles. The van der Waals surface area contributed by atoms with Crippen LogP contribution in [0.4, 0.5) is 0 Å². The lowest BCUT2D eigenvalue weighted by molar-refractivity contribution is -0.144. The average Bonchev–Trinajstić information content (AvgIpc) is 2.26. The van der Waals surface area contributed by atoms with Gasteiger partial charge in [-0.3, -0.25) is 9.59 Å². The van der Waals surface area contributed by atoms with E-state index < -0.39 is 0 Å². The predicted octanol–water partition coefficient (Wildman–Crippen LogP) is 2.51. The van der Waals surface area contributed by atoms with Crippen molar-refractivity contribution in [2.45, 2.75) is 20.0 Å². The normalized spacial score (nSPS) is 10.2. The maximum absolute atomic E-state index is 11.6. The van der Waals surface area contributed by atoms with E-state index in [2.05, 4.69) is 0 Å². The Hall–Kier alpha value is -1.29. The van der Waals surface area contributed by atoms with Gasteiger partial charge in [0.1, 0.15) is 0 Å². The third-order valence-corrected chi connectivity index (χ3v) is 2.58. The van der Waals surface area contributed by atoms with Crippen molar-refractivity contribution < 1.29 is 14.3 Å². The van der Waals surface area contributed by atoms with Crippen molar-refractivity contribution in [1.29, 1.82) is 0 Å². The topological polar surface area (TPSA) is 43.4 Å². The smallest absolute Gasteiger partial charge is 0.316 e. The number of rotatable bonds is 4. The summed E-state index contributed by atoms with van der Waals surface area (Å²) in [7, 11) is 0. The Morgan fingerprint density at radius 3 is 2.44 bits per heavy atom. The van der Waals surface area contributed by atoms with Crippen molar-refractivity contribution in [2.24, 2.45) is 0 Å². The van der Waals surface area contributed by atoms with Gasteiger partial charge in [0.2, 0.25) is 5.12 Å². The molecule has 0 spiro atoms. The molecule has 0 bridgehead atoms. The lowest BCUT2D eigenvalue weighted by Gasteiger charge is -2.06. The van der Waals surface area contributed by atoms with Gasteiger partial charge >= 0.3 is 5.97 Å². The van der Waals surface area contributed by atoms with Crippen molar-refractivity contribution >= 4 is 22.8 Å². The second kappa shape index (κ2) is 6.33. The van der Waals surface area contributed by atoms with Crippen molar-refractivity contribution in [3.05, 3.63) is 35.9 Å². The fraction of sp³-hybridized carbons (Fsp3) is 0.333. The third kappa shape index (κ3) is 4.49. The van der Waals surface area contributed by atoms with Gasteiger partial charge < -0.3 is 4.74 Å². The summed E-state index contributed by atoms with van der Waals surface area (Å²) in [6.07, 6.45) is -0.139. The fourth-order valence-electron chi connectivity index (χ4n) is 1.08. The maximum Gasteiger partial charge on any atom is 0.316 e. The molecule has 3 nitrogen and oxygen atoms in total.